The van der Waals surface area contributed by atoms with Gasteiger partial charge in [0.2, 0.25) is 0 Å². The fourth-order valence-electron chi connectivity index (χ4n) is 3.41. The summed E-state index contributed by atoms with van der Waals surface area (Å²) in [5, 5.41) is 19.5. The van der Waals surface area contributed by atoms with E-state index in [-0.39, 0.29) is 36.6 Å². The summed E-state index contributed by atoms with van der Waals surface area (Å²) in [6.45, 7) is 5.55. The maximum absolute atomic E-state index is 14.4. The molecule has 1 amide bonds. The summed E-state index contributed by atoms with van der Waals surface area (Å²) in [4.78, 5) is 16.1. The average Bonchev–Trinajstić information content (AvgIpc) is 2.85. The van der Waals surface area contributed by atoms with Gasteiger partial charge in [-0.2, -0.15) is 0 Å². The van der Waals surface area contributed by atoms with E-state index in [2.05, 4.69) is 33.7 Å². The molecular weight excluding hydrogens is 469 g/mol. The number of aliphatic hydroxyl groups is 1. The molecule has 0 heterocycles. The number of methoxy groups -OCH3 is 1. The number of aliphatic imine (C=N–C) groups is 1. The highest BCUT2D eigenvalue weighted by Crippen LogP contribution is 2.26. The Labute approximate surface area is 213 Å². The van der Waals surface area contributed by atoms with Crippen LogP contribution in [0.5, 0.6) is 0 Å². The fraction of sp³-hybridized carbons (Fsp3) is 0.600. The van der Waals surface area contributed by atoms with E-state index in [0.717, 1.165) is 23.5 Å². The number of carbonyl (C=O) groups is 1. The van der Waals surface area contributed by atoms with Gasteiger partial charge < -0.3 is 31.5 Å². The van der Waals surface area contributed by atoms with Gasteiger partial charge in [0.25, 0.3) is 0 Å². The third-order valence-corrected chi connectivity index (χ3v) is 6.71. The summed E-state index contributed by atoms with van der Waals surface area (Å²) in [5.41, 5.74) is 7.67. The number of halogens is 1. The molecule has 10 heteroatoms. The maximum atomic E-state index is 14.4. The number of allylic oxidation sites excluding steroid dienone is 3. The first-order valence-corrected chi connectivity index (χ1v) is 13.0. The van der Waals surface area contributed by atoms with Crippen LogP contribution in [0.15, 0.2) is 52.1 Å². The highest BCUT2D eigenvalue weighted by Gasteiger charge is 2.17. The van der Waals surface area contributed by atoms with Crippen molar-refractivity contribution in [3.8, 4) is 0 Å². The molecule has 0 aromatic carbocycles. The molecule has 0 aromatic rings. The average molecular weight is 512 g/mol. The number of nitrogens with zero attached hydrogens (tertiary/aromatic N) is 1. The Morgan fingerprint density at radius 1 is 1.46 bits per heavy atom. The summed E-state index contributed by atoms with van der Waals surface area (Å²) < 4.78 is 19.0. The highest BCUT2D eigenvalue weighted by molar-refractivity contribution is 8.14. The van der Waals surface area contributed by atoms with Crippen molar-refractivity contribution in [2.24, 2.45) is 16.6 Å². The molecule has 0 saturated carbocycles. The van der Waals surface area contributed by atoms with Crippen molar-refractivity contribution in [1.29, 1.82) is 0 Å². The number of aliphatic hydroxyl groups excluding tert-OH is 1. The van der Waals surface area contributed by atoms with Crippen LogP contribution in [0.1, 0.15) is 39.5 Å². The van der Waals surface area contributed by atoms with E-state index < -0.39 is 6.09 Å². The number of thioether (sulfide) groups is 1. The van der Waals surface area contributed by atoms with Crippen molar-refractivity contribution in [3.63, 3.8) is 0 Å². The molecule has 2 atom stereocenters. The quantitative estimate of drug-likeness (QED) is 0.0989. The van der Waals surface area contributed by atoms with Gasteiger partial charge >= 0.3 is 6.09 Å². The van der Waals surface area contributed by atoms with E-state index in [4.69, 9.17) is 10.7 Å². The van der Waals surface area contributed by atoms with Crippen molar-refractivity contribution < 1.29 is 19.0 Å². The molecule has 0 fully saturated rings. The lowest BCUT2D eigenvalue weighted by Crippen LogP contribution is -2.39. The van der Waals surface area contributed by atoms with Gasteiger partial charge in [0.1, 0.15) is 5.83 Å². The molecule has 6 N–H and O–H groups in total. The molecule has 8 nitrogen and oxygen atoms in total. The first-order valence-electron chi connectivity index (χ1n) is 12.1. The van der Waals surface area contributed by atoms with Gasteiger partial charge in [-0.1, -0.05) is 19.1 Å². The molecule has 0 aliphatic heterocycles. The molecule has 1 rings (SSSR count). The first kappa shape index (κ1) is 30.7. The number of hydrogen-bond acceptors (Lipinski definition) is 8. The van der Waals surface area contributed by atoms with Crippen LogP contribution in [-0.4, -0.2) is 68.4 Å². The van der Waals surface area contributed by atoms with Gasteiger partial charge in [-0.05, 0) is 56.0 Å². The number of alkyl carbamates (subject to hydrolysis) is 1. The van der Waals surface area contributed by atoms with E-state index in [1.54, 1.807) is 17.8 Å². The summed E-state index contributed by atoms with van der Waals surface area (Å²) in [7, 11) is 3.18. The van der Waals surface area contributed by atoms with E-state index in [0.29, 0.717) is 37.3 Å². The van der Waals surface area contributed by atoms with Crippen LogP contribution in [0.2, 0.25) is 0 Å². The third-order valence-electron chi connectivity index (χ3n) is 5.48. The minimum Gasteiger partial charge on any atom is -0.453 e. The normalized spacial score (nSPS) is 16.8. The first-order chi connectivity index (χ1) is 16.9. The zero-order valence-electron chi connectivity index (χ0n) is 21.4. The van der Waals surface area contributed by atoms with Gasteiger partial charge in [-0.3, -0.25) is 4.99 Å². The van der Waals surface area contributed by atoms with Crippen LogP contribution >= 0.6 is 11.8 Å². The Kier molecular flexibility index (Phi) is 15.8. The van der Waals surface area contributed by atoms with Crippen LogP contribution in [0.3, 0.4) is 0 Å². The Hall–Kier alpha value is -2.30. The number of rotatable bonds is 15. The van der Waals surface area contributed by atoms with E-state index in [9.17, 15) is 14.3 Å². The molecule has 0 radical (unpaired) electrons. The predicted octanol–water partition coefficient (Wildman–Crippen LogP) is 3.38. The zero-order chi connectivity index (χ0) is 26.1. The van der Waals surface area contributed by atoms with Crippen molar-refractivity contribution >= 4 is 22.9 Å². The van der Waals surface area contributed by atoms with Crippen LogP contribution in [0.4, 0.5) is 9.18 Å². The van der Waals surface area contributed by atoms with E-state index in [1.165, 1.54) is 7.11 Å². The Morgan fingerprint density at radius 3 is 2.89 bits per heavy atom. The molecule has 35 heavy (non-hydrogen) atoms. The minimum absolute atomic E-state index is 0.0672. The monoisotopic (exact) mass is 511 g/mol. The molecular formula is C25H42FN5O3S. The summed E-state index contributed by atoms with van der Waals surface area (Å²) in [6, 6.07) is -0.0672. The van der Waals surface area contributed by atoms with Crippen molar-refractivity contribution in [3.05, 3.63) is 47.1 Å². The zero-order valence-corrected chi connectivity index (χ0v) is 22.2. The van der Waals surface area contributed by atoms with Gasteiger partial charge in [-0.15, -0.1) is 11.8 Å². The van der Waals surface area contributed by atoms with Gasteiger partial charge in [0.15, 0.2) is 0 Å². The third kappa shape index (κ3) is 12.3. The summed E-state index contributed by atoms with van der Waals surface area (Å²) >= 11 is 1.62. The smallest absolute Gasteiger partial charge is 0.407 e. The van der Waals surface area contributed by atoms with Crippen molar-refractivity contribution in [2.45, 2.75) is 45.6 Å². The van der Waals surface area contributed by atoms with E-state index >= 15 is 0 Å². The number of hydrogen-bond donors (Lipinski definition) is 5. The number of nitrogens with two attached hydrogens (primary N) is 1. The fourth-order valence-corrected chi connectivity index (χ4v) is 4.62. The minimum atomic E-state index is -0.452. The number of nitrogens with one attached hydrogen (secondary N) is 3. The second-order valence-corrected chi connectivity index (χ2v) is 9.27. The molecule has 0 saturated heterocycles. The van der Waals surface area contributed by atoms with Crippen molar-refractivity contribution in [1.82, 2.24) is 16.0 Å². The van der Waals surface area contributed by atoms with Crippen LogP contribution in [0.25, 0.3) is 0 Å². The SMILES string of the molecule is CCC(CCO)C(=NCC1=C(F)C(N)=CCC1)SCC(/C=C\NC)=C/CNCC(C)NC(=O)OC. The Bertz CT molecular complexity index is 811. The Morgan fingerprint density at radius 2 is 2.23 bits per heavy atom. The molecule has 0 bridgehead atoms. The largest absolute Gasteiger partial charge is 0.453 e. The number of amides is 1. The number of carbonyl (C=O) groups excluding carboxylic acids is 1. The molecule has 198 valence electrons. The maximum Gasteiger partial charge on any atom is 0.407 e. The molecule has 0 aromatic heterocycles. The summed E-state index contributed by atoms with van der Waals surface area (Å²) in [6.07, 6.45) is 10.0. The lowest BCUT2D eigenvalue weighted by molar-refractivity contribution is 0.167. The second-order valence-electron chi connectivity index (χ2n) is 8.27. The Balaban J connectivity index is 2.87. The van der Waals surface area contributed by atoms with E-state index in [1.807, 2.05) is 26.2 Å². The van der Waals surface area contributed by atoms with Crippen molar-refractivity contribution in [2.75, 3.05) is 46.2 Å². The number of ether oxygens (including phenoxy) is 1. The standard InChI is InChI=1S/C25H42FN5O3S/c1-5-20(11-14-32)24(30-16-21-7-6-8-22(27)23(21)26)35-17-19(9-12-28-3)10-13-29-15-18(2)31-25(33)34-4/h8-10,12,18,20,28-29,32H,5-7,11,13-17,27H2,1-4H3,(H,31,33)/b12-9-,19-10+,30-24?. The summed E-state index contributed by atoms with van der Waals surface area (Å²) in [5.74, 6) is 0.447. The lowest BCUT2D eigenvalue weighted by Gasteiger charge is -2.18. The van der Waals surface area contributed by atoms with Gasteiger partial charge in [-0.25, -0.2) is 9.18 Å². The predicted molar refractivity (Wildman–Crippen MR) is 144 cm³/mol. The van der Waals surface area contributed by atoms with Gasteiger partial charge in [0, 0.05) is 44.5 Å². The van der Waals surface area contributed by atoms with Gasteiger partial charge in [0.05, 0.1) is 24.4 Å². The molecule has 1 aliphatic carbocycles. The highest BCUT2D eigenvalue weighted by atomic mass is 32.2. The topological polar surface area (TPSA) is 121 Å². The van der Waals surface area contributed by atoms with Crippen LogP contribution in [-0.2, 0) is 4.74 Å². The molecule has 0 spiro atoms. The molecule has 1 aliphatic rings. The van der Waals surface area contributed by atoms with Crippen LogP contribution in [0, 0.1) is 5.92 Å². The lowest BCUT2D eigenvalue weighted by atomic mass is 10.0. The van der Waals surface area contributed by atoms with Crippen LogP contribution < -0.4 is 21.7 Å². The second kappa shape index (κ2) is 18.0. The molecule has 2 unspecified atom stereocenters.